The maximum atomic E-state index is 13.2. The second-order valence-electron chi connectivity index (χ2n) is 9.36. The molecule has 3 aromatic rings. The highest BCUT2D eigenvalue weighted by Gasteiger charge is 2.27. The Hall–Kier alpha value is -2.99. The van der Waals surface area contributed by atoms with Crippen molar-refractivity contribution in [2.45, 2.75) is 38.5 Å². The Labute approximate surface area is 183 Å². The third-order valence-corrected chi connectivity index (χ3v) is 5.87. The molecule has 0 spiro atoms. The van der Waals surface area contributed by atoms with Crippen LogP contribution in [0.2, 0.25) is 0 Å². The summed E-state index contributed by atoms with van der Waals surface area (Å²) in [6.07, 6.45) is 0. The van der Waals surface area contributed by atoms with Crippen LogP contribution < -0.4 is 10.6 Å². The molecule has 1 aliphatic rings. The van der Waals surface area contributed by atoms with Gasteiger partial charge in [0.2, 0.25) is 0 Å². The van der Waals surface area contributed by atoms with Crippen molar-refractivity contribution in [2.75, 3.05) is 30.5 Å². The molecule has 0 unspecified atom stereocenters. The molecule has 0 atom stereocenters. The van der Waals surface area contributed by atoms with Gasteiger partial charge < -0.3 is 15.4 Å². The summed E-state index contributed by atoms with van der Waals surface area (Å²) in [6.45, 7) is 10.4. The van der Waals surface area contributed by atoms with E-state index >= 15 is 0 Å². The Bertz CT molecular complexity index is 1050. The molecular weight excluding hydrogens is 391 g/mol. The van der Waals surface area contributed by atoms with E-state index in [9.17, 15) is 4.39 Å². The van der Waals surface area contributed by atoms with Crippen molar-refractivity contribution >= 4 is 11.5 Å². The largest absolute Gasteiger partial charge is 0.368 e. The fourth-order valence-electron chi connectivity index (χ4n) is 3.85. The number of anilines is 2. The normalized spacial score (nSPS) is 15.5. The fraction of sp³-hybridized carbons (Fsp3) is 0.360. The molecule has 1 aromatic heterocycles. The van der Waals surface area contributed by atoms with Gasteiger partial charge in [-0.25, -0.2) is 4.39 Å². The molecule has 0 aliphatic carbocycles. The average molecular weight is 421 g/mol. The lowest BCUT2D eigenvalue weighted by Gasteiger charge is -2.26. The second kappa shape index (κ2) is 8.27. The van der Waals surface area contributed by atoms with Crippen molar-refractivity contribution in [3.63, 3.8) is 0 Å². The van der Waals surface area contributed by atoms with Gasteiger partial charge in [0.15, 0.2) is 0 Å². The lowest BCUT2D eigenvalue weighted by molar-refractivity contribution is 0.115. The van der Waals surface area contributed by atoms with Gasteiger partial charge in [-0.2, -0.15) is 0 Å². The molecular formula is C25H29FN4O. The monoisotopic (exact) mass is 420 g/mol. The molecule has 31 heavy (non-hydrogen) atoms. The van der Waals surface area contributed by atoms with Gasteiger partial charge in [-0.05, 0) is 41.5 Å². The maximum Gasteiger partial charge on any atom is 0.148 e. The van der Waals surface area contributed by atoms with E-state index in [0.717, 1.165) is 22.5 Å². The third-order valence-electron chi connectivity index (χ3n) is 5.87. The first kappa shape index (κ1) is 21.2. The molecule has 4 rings (SSSR count). The van der Waals surface area contributed by atoms with Crippen molar-refractivity contribution in [1.29, 1.82) is 0 Å². The van der Waals surface area contributed by atoms with Gasteiger partial charge >= 0.3 is 0 Å². The Kier molecular flexibility index (Phi) is 5.67. The molecule has 162 valence electrons. The zero-order chi connectivity index (χ0) is 22.1. The molecule has 6 heteroatoms. The van der Waals surface area contributed by atoms with E-state index in [0.29, 0.717) is 25.7 Å². The van der Waals surface area contributed by atoms with Crippen LogP contribution in [0.4, 0.5) is 15.9 Å². The van der Waals surface area contributed by atoms with Crippen LogP contribution in [0.3, 0.4) is 0 Å². The average Bonchev–Trinajstić information content (AvgIpc) is 2.90. The lowest BCUT2D eigenvalue weighted by atomic mass is 9.84. The van der Waals surface area contributed by atoms with Crippen molar-refractivity contribution in [3.8, 4) is 11.3 Å². The summed E-state index contributed by atoms with van der Waals surface area (Å²) in [7, 11) is 0. The van der Waals surface area contributed by atoms with Gasteiger partial charge in [0, 0.05) is 28.6 Å². The summed E-state index contributed by atoms with van der Waals surface area (Å²) < 4.78 is 18.9. The van der Waals surface area contributed by atoms with Gasteiger partial charge in [-0.15, -0.1) is 10.2 Å². The summed E-state index contributed by atoms with van der Waals surface area (Å²) in [4.78, 5) is 0. The summed E-state index contributed by atoms with van der Waals surface area (Å²) >= 11 is 0. The van der Waals surface area contributed by atoms with Gasteiger partial charge in [0.05, 0.1) is 12.3 Å². The van der Waals surface area contributed by atoms with E-state index < -0.39 is 0 Å². The number of benzene rings is 2. The molecule has 0 saturated carbocycles. The fourth-order valence-corrected chi connectivity index (χ4v) is 3.85. The molecule has 2 heterocycles. The van der Waals surface area contributed by atoms with E-state index in [1.54, 1.807) is 0 Å². The number of nitrogens with one attached hydrogen (secondary N) is 2. The third kappa shape index (κ3) is 4.69. The van der Waals surface area contributed by atoms with Crippen molar-refractivity contribution in [3.05, 3.63) is 71.5 Å². The van der Waals surface area contributed by atoms with Crippen LogP contribution >= 0.6 is 0 Å². The molecule has 0 fully saturated rings. The van der Waals surface area contributed by atoms with Gasteiger partial charge in [-0.3, -0.25) is 0 Å². The SMILES string of the molecule is CC(C)(CNc1ccc(-c2ccc3c(c2)NCOCC3(C)C)nn1)c1ccc(F)cc1. The molecule has 1 aliphatic heterocycles. The molecule has 0 bridgehead atoms. The summed E-state index contributed by atoms with van der Waals surface area (Å²) in [5.74, 6) is 0.486. The summed E-state index contributed by atoms with van der Waals surface area (Å²) in [6, 6.07) is 16.9. The van der Waals surface area contributed by atoms with Gasteiger partial charge in [0.25, 0.3) is 0 Å². The highest BCUT2D eigenvalue weighted by molar-refractivity contribution is 5.69. The Morgan fingerprint density at radius 3 is 2.55 bits per heavy atom. The van der Waals surface area contributed by atoms with Crippen LogP contribution in [-0.2, 0) is 15.6 Å². The maximum absolute atomic E-state index is 13.2. The molecule has 0 saturated heterocycles. The van der Waals surface area contributed by atoms with E-state index in [2.05, 4.69) is 66.7 Å². The molecule has 0 radical (unpaired) electrons. The van der Waals surface area contributed by atoms with Crippen LogP contribution in [0, 0.1) is 5.82 Å². The van der Waals surface area contributed by atoms with Crippen LogP contribution in [0.5, 0.6) is 0 Å². The molecule has 5 nitrogen and oxygen atoms in total. The topological polar surface area (TPSA) is 59.1 Å². The Balaban J connectivity index is 1.47. The van der Waals surface area contributed by atoms with Crippen molar-refractivity contribution in [1.82, 2.24) is 10.2 Å². The number of nitrogens with zero attached hydrogens (tertiary/aromatic N) is 2. The quantitative estimate of drug-likeness (QED) is 0.583. The smallest absolute Gasteiger partial charge is 0.148 e. The predicted octanol–water partition coefficient (Wildman–Crippen LogP) is 5.35. The van der Waals surface area contributed by atoms with Gasteiger partial charge in [0.1, 0.15) is 18.4 Å². The number of hydrogen-bond acceptors (Lipinski definition) is 5. The van der Waals surface area contributed by atoms with Crippen LogP contribution in [0.15, 0.2) is 54.6 Å². The van der Waals surface area contributed by atoms with E-state index in [4.69, 9.17) is 4.74 Å². The number of halogens is 1. The number of ether oxygens (including phenoxy) is 1. The Morgan fingerprint density at radius 2 is 1.84 bits per heavy atom. The van der Waals surface area contributed by atoms with Gasteiger partial charge in [-0.1, -0.05) is 52.0 Å². The standard InChI is InChI=1S/C25H29FN4O/c1-24(2,18-6-8-19(26)9-7-18)14-27-23-12-11-21(29-30-23)17-5-10-20-22(13-17)28-16-31-15-25(20,3)4/h5-13,28H,14-16H2,1-4H3,(H,27,30). The first-order valence-corrected chi connectivity index (χ1v) is 10.5. The number of aromatic nitrogens is 2. The molecule has 2 N–H and O–H groups in total. The lowest BCUT2D eigenvalue weighted by Crippen LogP contribution is -2.28. The first-order chi connectivity index (χ1) is 14.7. The van der Waals surface area contributed by atoms with Crippen LogP contribution in [0.25, 0.3) is 11.3 Å². The minimum Gasteiger partial charge on any atom is -0.368 e. The molecule has 0 amide bonds. The van der Waals surface area contributed by atoms with Crippen LogP contribution in [0.1, 0.15) is 38.8 Å². The minimum atomic E-state index is -0.224. The van der Waals surface area contributed by atoms with Crippen LogP contribution in [-0.4, -0.2) is 30.1 Å². The highest BCUT2D eigenvalue weighted by atomic mass is 19.1. The zero-order valence-electron chi connectivity index (χ0n) is 18.5. The van der Waals surface area contributed by atoms with Crippen molar-refractivity contribution in [2.24, 2.45) is 0 Å². The summed E-state index contributed by atoms with van der Waals surface area (Å²) in [5.41, 5.74) is 4.98. The zero-order valence-corrected chi connectivity index (χ0v) is 18.5. The van der Waals surface area contributed by atoms with E-state index in [1.807, 2.05) is 24.3 Å². The van der Waals surface area contributed by atoms with E-state index in [1.165, 1.54) is 17.7 Å². The number of hydrogen-bond donors (Lipinski definition) is 2. The molecule has 2 aromatic carbocycles. The minimum absolute atomic E-state index is 0.0475. The Morgan fingerprint density at radius 1 is 1.06 bits per heavy atom. The van der Waals surface area contributed by atoms with Crippen molar-refractivity contribution < 1.29 is 9.13 Å². The number of rotatable bonds is 5. The number of fused-ring (bicyclic) bond motifs is 1. The summed E-state index contributed by atoms with van der Waals surface area (Å²) in [5, 5.41) is 15.5. The second-order valence-corrected chi connectivity index (χ2v) is 9.36. The van der Waals surface area contributed by atoms with E-state index in [-0.39, 0.29) is 16.6 Å². The predicted molar refractivity (Wildman–Crippen MR) is 123 cm³/mol. The highest BCUT2D eigenvalue weighted by Crippen LogP contribution is 2.35. The first-order valence-electron chi connectivity index (χ1n) is 10.5.